The molecule has 1 saturated heterocycles. The molecule has 0 aliphatic carbocycles. The predicted molar refractivity (Wildman–Crippen MR) is 38.8 cm³/mol. The fourth-order valence-corrected chi connectivity index (χ4v) is 1.69. The smallest absolute Gasteiger partial charge is 0.117 e. The number of rotatable bonds is 1. The van der Waals surface area contributed by atoms with Gasteiger partial charge in [0.2, 0.25) is 0 Å². The summed E-state index contributed by atoms with van der Waals surface area (Å²) in [6.07, 6.45) is 1.68. The number of aromatic nitrogens is 1. The zero-order valence-electron chi connectivity index (χ0n) is 5.36. The third-order valence-electron chi connectivity index (χ3n) is 1.63. The molecule has 2 heterocycles. The molecule has 2 atom stereocenters. The van der Waals surface area contributed by atoms with Crippen LogP contribution in [0.4, 0.5) is 0 Å². The van der Waals surface area contributed by atoms with Crippen molar-refractivity contribution >= 4 is 11.3 Å². The van der Waals surface area contributed by atoms with Crippen molar-refractivity contribution < 1.29 is 4.74 Å². The van der Waals surface area contributed by atoms with Gasteiger partial charge in [0.15, 0.2) is 0 Å². The summed E-state index contributed by atoms with van der Waals surface area (Å²) in [5.74, 6) is 0.347. The molecule has 0 bridgehead atoms. The highest BCUT2D eigenvalue weighted by molar-refractivity contribution is 7.09. The lowest BCUT2D eigenvalue weighted by molar-refractivity contribution is -0.0722. The maximum atomic E-state index is 5.56. The van der Waals surface area contributed by atoms with Gasteiger partial charge in [0.05, 0.1) is 12.5 Å². The Kier molecular flexibility index (Phi) is 1.44. The van der Waals surface area contributed by atoms with Crippen molar-refractivity contribution in [1.82, 2.24) is 4.98 Å². The SMILES string of the molecule is NC1OCC1c1nccs1. The summed E-state index contributed by atoms with van der Waals surface area (Å²) in [4.78, 5) is 4.15. The van der Waals surface area contributed by atoms with E-state index in [1.807, 2.05) is 5.38 Å². The number of nitrogens with zero attached hydrogens (tertiary/aromatic N) is 1. The molecule has 4 heteroatoms. The Morgan fingerprint density at radius 3 is 3.10 bits per heavy atom. The topological polar surface area (TPSA) is 48.1 Å². The first-order valence-corrected chi connectivity index (χ1v) is 4.02. The first-order valence-electron chi connectivity index (χ1n) is 3.14. The number of nitrogens with two attached hydrogens (primary N) is 1. The summed E-state index contributed by atoms with van der Waals surface area (Å²) in [5.41, 5.74) is 5.56. The fraction of sp³-hybridized carbons (Fsp3) is 0.500. The van der Waals surface area contributed by atoms with Crippen molar-refractivity contribution in [2.45, 2.75) is 12.1 Å². The van der Waals surface area contributed by atoms with Gasteiger partial charge in [-0.15, -0.1) is 11.3 Å². The Bertz CT molecular complexity index is 212. The van der Waals surface area contributed by atoms with Crippen LogP contribution in [-0.2, 0) is 4.74 Å². The lowest BCUT2D eigenvalue weighted by atomic mass is 10.1. The van der Waals surface area contributed by atoms with Crippen molar-refractivity contribution in [3.05, 3.63) is 16.6 Å². The average Bonchev–Trinajstić information content (AvgIpc) is 2.37. The number of ether oxygens (including phenoxy) is 1. The summed E-state index contributed by atoms with van der Waals surface area (Å²) in [6, 6.07) is 0. The molecular weight excluding hydrogens is 148 g/mol. The van der Waals surface area contributed by atoms with Gasteiger partial charge < -0.3 is 10.5 Å². The normalized spacial score (nSPS) is 31.7. The van der Waals surface area contributed by atoms with Gasteiger partial charge in [0, 0.05) is 11.6 Å². The van der Waals surface area contributed by atoms with Gasteiger partial charge >= 0.3 is 0 Å². The first kappa shape index (κ1) is 6.27. The Labute approximate surface area is 62.8 Å². The Morgan fingerprint density at radius 2 is 2.70 bits per heavy atom. The molecule has 0 aromatic carbocycles. The average molecular weight is 156 g/mol. The molecule has 0 amide bonds. The van der Waals surface area contributed by atoms with Crippen LogP contribution < -0.4 is 5.73 Å². The van der Waals surface area contributed by atoms with Crippen molar-refractivity contribution in [2.75, 3.05) is 6.61 Å². The van der Waals surface area contributed by atoms with Gasteiger partial charge in [0.1, 0.15) is 11.2 Å². The van der Waals surface area contributed by atoms with E-state index in [4.69, 9.17) is 10.5 Å². The molecule has 1 aromatic rings. The minimum Gasteiger partial charge on any atom is -0.362 e. The molecule has 2 N–H and O–H groups in total. The van der Waals surface area contributed by atoms with Crippen LogP contribution in [-0.4, -0.2) is 17.8 Å². The molecule has 1 aliphatic heterocycles. The minimum atomic E-state index is -0.119. The van der Waals surface area contributed by atoms with Gasteiger partial charge in [-0.1, -0.05) is 0 Å². The van der Waals surface area contributed by atoms with E-state index in [0.29, 0.717) is 5.92 Å². The monoisotopic (exact) mass is 156 g/mol. The van der Waals surface area contributed by atoms with Crippen LogP contribution >= 0.6 is 11.3 Å². The van der Waals surface area contributed by atoms with E-state index >= 15 is 0 Å². The Balaban J connectivity index is 2.14. The van der Waals surface area contributed by atoms with E-state index in [1.54, 1.807) is 17.5 Å². The standard InChI is InChI=1S/C6H8N2OS/c7-5-4(3-9-5)6-8-1-2-10-6/h1-2,4-5H,3,7H2. The van der Waals surface area contributed by atoms with E-state index in [-0.39, 0.29) is 6.23 Å². The highest BCUT2D eigenvalue weighted by atomic mass is 32.1. The van der Waals surface area contributed by atoms with Crippen LogP contribution in [0.3, 0.4) is 0 Å². The molecule has 3 nitrogen and oxygen atoms in total. The van der Waals surface area contributed by atoms with Crippen LogP contribution in [0.5, 0.6) is 0 Å². The summed E-state index contributed by atoms with van der Waals surface area (Å²) in [7, 11) is 0. The summed E-state index contributed by atoms with van der Waals surface area (Å²) in [6.45, 7) is 0.731. The molecule has 2 unspecified atom stereocenters. The maximum Gasteiger partial charge on any atom is 0.117 e. The van der Waals surface area contributed by atoms with Gasteiger partial charge in [-0.05, 0) is 0 Å². The number of hydrogen-bond acceptors (Lipinski definition) is 4. The lowest BCUT2D eigenvalue weighted by Gasteiger charge is -2.31. The number of hydrogen-bond donors (Lipinski definition) is 1. The Hall–Kier alpha value is -0.450. The molecular formula is C6H8N2OS. The molecule has 0 spiro atoms. The third kappa shape index (κ3) is 0.847. The molecule has 54 valence electrons. The van der Waals surface area contributed by atoms with E-state index in [1.165, 1.54) is 0 Å². The van der Waals surface area contributed by atoms with E-state index in [9.17, 15) is 0 Å². The maximum absolute atomic E-state index is 5.56. The Morgan fingerprint density at radius 1 is 1.80 bits per heavy atom. The van der Waals surface area contributed by atoms with Crippen molar-refractivity contribution in [1.29, 1.82) is 0 Å². The second-order valence-electron chi connectivity index (χ2n) is 2.27. The van der Waals surface area contributed by atoms with Gasteiger partial charge in [-0.2, -0.15) is 0 Å². The third-order valence-corrected chi connectivity index (χ3v) is 2.54. The molecule has 0 saturated carbocycles. The van der Waals surface area contributed by atoms with Crippen molar-refractivity contribution in [2.24, 2.45) is 5.73 Å². The lowest BCUT2D eigenvalue weighted by Crippen LogP contribution is -2.44. The van der Waals surface area contributed by atoms with Crippen LogP contribution in [0.15, 0.2) is 11.6 Å². The summed E-state index contributed by atoms with van der Waals surface area (Å²) >= 11 is 1.64. The first-order chi connectivity index (χ1) is 4.88. The summed E-state index contributed by atoms with van der Waals surface area (Å²) in [5, 5.41) is 3.05. The number of thiazole rings is 1. The van der Waals surface area contributed by atoms with Gasteiger partial charge in [0.25, 0.3) is 0 Å². The molecule has 1 aromatic heterocycles. The zero-order valence-corrected chi connectivity index (χ0v) is 6.17. The van der Waals surface area contributed by atoms with E-state index in [2.05, 4.69) is 4.98 Å². The van der Waals surface area contributed by atoms with Crippen molar-refractivity contribution in [3.63, 3.8) is 0 Å². The quantitative estimate of drug-likeness (QED) is 0.645. The van der Waals surface area contributed by atoms with Crippen LogP contribution in [0.1, 0.15) is 10.9 Å². The molecule has 0 radical (unpaired) electrons. The second-order valence-corrected chi connectivity index (χ2v) is 3.20. The minimum absolute atomic E-state index is 0.119. The highest BCUT2D eigenvalue weighted by Gasteiger charge is 2.31. The second kappa shape index (κ2) is 2.30. The van der Waals surface area contributed by atoms with Gasteiger partial charge in [-0.25, -0.2) is 4.98 Å². The molecule has 2 rings (SSSR count). The molecule has 10 heavy (non-hydrogen) atoms. The van der Waals surface area contributed by atoms with Crippen LogP contribution in [0.2, 0.25) is 0 Å². The van der Waals surface area contributed by atoms with Crippen LogP contribution in [0.25, 0.3) is 0 Å². The zero-order chi connectivity index (χ0) is 6.97. The van der Waals surface area contributed by atoms with E-state index in [0.717, 1.165) is 11.6 Å². The largest absolute Gasteiger partial charge is 0.362 e. The highest BCUT2D eigenvalue weighted by Crippen LogP contribution is 2.28. The van der Waals surface area contributed by atoms with Crippen LogP contribution in [0, 0.1) is 0 Å². The fourth-order valence-electron chi connectivity index (χ4n) is 0.933. The summed E-state index contributed by atoms with van der Waals surface area (Å²) < 4.78 is 5.01. The molecule has 1 aliphatic rings. The molecule has 1 fully saturated rings. The predicted octanol–water partition coefficient (Wildman–Crippen LogP) is 0.542. The van der Waals surface area contributed by atoms with E-state index < -0.39 is 0 Å². The van der Waals surface area contributed by atoms with Crippen molar-refractivity contribution in [3.8, 4) is 0 Å². The van der Waals surface area contributed by atoms with Gasteiger partial charge in [-0.3, -0.25) is 0 Å².